The predicted octanol–water partition coefficient (Wildman–Crippen LogP) is 3.79. The van der Waals surface area contributed by atoms with Crippen molar-refractivity contribution in [1.82, 2.24) is 0 Å². The van der Waals surface area contributed by atoms with Gasteiger partial charge < -0.3 is 4.74 Å². The van der Waals surface area contributed by atoms with E-state index in [0.29, 0.717) is 6.10 Å². The molecule has 1 unspecified atom stereocenters. The van der Waals surface area contributed by atoms with Crippen LogP contribution in [0.4, 0.5) is 0 Å². The summed E-state index contributed by atoms with van der Waals surface area (Å²) in [6.45, 7) is 9.28. The summed E-state index contributed by atoms with van der Waals surface area (Å²) in [5, 5.41) is 0. The number of para-hydroxylation sites is 1. The number of rotatable bonds is 4. The lowest BCUT2D eigenvalue weighted by atomic mass is 10.3. The fraction of sp³-hybridized carbons (Fsp3) is 0.500. The van der Waals surface area contributed by atoms with Gasteiger partial charge >= 0.3 is 0 Å². The first-order chi connectivity index (χ1) is 6.47. The number of benzene rings is 1. The van der Waals surface area contributed by atoms with Crippen LogP contribution in [0.1, 0.15) is 6.92 Å². The molecular formula is C12H20OSi. The van der Waals surface area contributed by atoms with Crippen molar-refractivity contribution in [2.45, 2.75) is 38.7 Å². The number of ether oxygens (including phenoxy) is 1. The molecule has 0 spiro atoms. The van der Waals surface area contributed by atoms with Crippen LogP contribution in [0.5, 0.6) is 5.75 Å². The highest BCUT2D eigenvalue weighted by molar-refractivity contribution is 6.76. The minimum absolute atomic E-state index is 0.337. The Balaban J connectivity index is 2.46. The Morgan fingerprint density at radius 2 is 1.71 bits per heavy atom. The third-order valence-corrected chi connectivity index (χ3v) is 3.78. The van der Waals surface area contributed by atoms with Gasteiger partial charge in [-0.25, -0.2) is 0 Å². The van der Waals surface area contributed by atoms with Crippen LogP contribution in [-0.2, 0) is 0 Å². The van der Waals surface area contributed by atoms with E-state index >= 15 is 0 Å². The molecule has 1 aromatic carbocycles. The van der Waals surface area contributed by atoms with Crippen molar-refractivity contribution in [3.05, 3.63) is 30.3 Å². The maximum absolute atomic E-state index is 5.83. The molecule has 0 saturated heterocycles. The van der Waals surface area contributed by atoms with Crippen molar-refractivity contribution in [2.75, 3.05) is 0 Å². The van der Waals surface area contributed by atoms with Gasteiger partial charge in [-0.2, -0.15) is 0 Å². The van der Waals surface area contributed by atoms with Gasteiger partial charge in [0, 0.05) is 8.07 Å². The summed E-state index contributed by atoms with van der Waals surface area (Å²) >= 11 is 0. The van der Waals surface area contributed by atoms with E-state index in [9.17, 15) is 0 Å². The molecule has 1 aromatic rings. The fourth-order valence-electron chi connectivity index (χ4n) is 1.64. The van der Waals surface area contributed by atoms with Gasteiger partial charge in [-0.3, -0.25) is 0 Å². The van der Waals surface area contributed by atoms with E-state index < -0.39 is 8.07 Å². The Kier molecular flexibility index (Phi) is 3.75. The van der Waals surface area contributed by atoms with Crippen LogP contribution in [0.25, 0.3) is 0 Å². The van der Waals surface area contributed by atoms with Crippen molar-refractivity contribution in [3.63, 3.8) is 0 Å². The Morgan fingerprint density at radius 1 is 1.14 bits per heavy atom. The van der Waals surface area contributed by atoms with E-state index in [4.69, 9.17) is 4.74 Å². The maximum atomic E-state index is 5.83. The third kappa shape index (κ3) is 4.47. The van der Waals surface area contributed by atoms with Gasteiger partial charge in [0.25, 0.3) is 0 Å². The molecule has 0 bridgehead atoms. The minimum Gasteiger partial charge on any atom is -0.491 e. The standard InChI is InChI=1S/C12H20OSi/c1-11(10-14(2,3)4)13-12-8-6-5-7-9-12/h5-9,11H,10H2,1-4H3. The molecule has 0 amide bonds. The summed E-state index contributed by atoms with van der Waals surface area (Å²) in [6.07, 6.45) is 0.337. The van der Waals surface area contributed by atoms with Gasteiger partial charge in [0.2, 0.25) is 0 Å². The zero-order valence-corrected chi connectivity index (χ0v) is 10.6. The molecule has 14 heavy (non-hydrogen) atoms. The Bertz CT molecular complexity index is 263. The number of hydrogen-bond acceptors (Lipinski definition) is 1. The van der Waals surface area contributed by atoms with Crippen LogP contribution in [0, 0.1) is 0 Å². The lowest BCUT2D eigenvalue weighted by Crippen LogP contribution is -2.28. The first kappa shape index (κ1) is 11.3. The predicted molar refractivity (Wildman–Crippen MR) is 64.7 cm³/mol. The summed E-state index contributed by atoms with van der Waals surface area (Å²) in [5.74, 6) is 0.984. The molecule has 0 N–H and O–H groups in total. The van der Waals surface area contributed by atoms with Gasteiger partial charge in [-0.15, -0.1) is 0 Å². The molecule has 0 aliphatic rings. The average molecular weight is 208 g/mol. The molecule has 1 atom stereocenters. The maximum Gasteiger partial charge on any atom is 0.119 e. The zero-order chi connectivity index (χ0) is 10.6. The minimum atomic E-state index is -0.999. The Labute approximate surface area is 88.1 Å². The summed E-state index contributed by atoms with van der Waals surface area (Å²) in [4.78, 5) is 0. The molecule has 2 heteroatoms. The summed E-state index contributed by atoms with van der Waals surface area (Å²) < 4.78 is 5.83. The fourth-order valence-corrected chi connectivity index (χ4v) is 3.44. The topological polar surface area (TPSA) is 9.23 Å². The first-order valence-corrected chi connectivity index (χ1v) is 8.90. The van der Waals surface area contributed by atoms with Crippen LogP contribution >= 0.6 is 0 Å². The Morgan fingerprint density at radius 3 is 2.21 bits per heavy atom. The highest BCUT2D eigenvalue weighted by Crippen LogP contribution is 2.17. The van der Waals surface area contributed by atoms with Crippen LogP contribution in [0.3, 0.4) is 0 Å². The smallest absolute Gasteiger partial charge is 0.119 e. The molecule has 0 radical (unpaired) electrons. The normalized spacial score (nSPS) is 13.7. The third-order valence-electron chi connectivity index (χ3n) is 1.98. The van der Waals surface area contributed by atoms with Crippen molar-refractivity contribution in [2.24, 2.45) is 0 Å². The van der Waals surface area contributed by atoms with E-state index in [1.54, 1.807) is 0 Å². The van der Waals surface area contributed by atoms with E-state index in [1.165, 1.54) is 6.04 Å². The largest absolute Gasteiger partial charge is 0.491 e. The second-order valence-electron chi connectivity index (χ2n) is 5.01. The van der Waals surface area contributed by atoms with Crippen molar-refractivity contribution in [1.29, 1.82) is 0 Å². The van der Waals surface area contributed by atoms with Gasteiger partial charge in [-0.1, -0.05) is 37.8 Å². The van der Waals surface area contributed by atoms with E-state index in [0.717, 1.165) is 5.75 Å². The molecule has 0 saturated carbocycles. The van der Waals surface area contributed by atoms with Crippen molar-refractivity contribution in [3.8, 4) is 5.75 Å². The van der Waals surface area contributed by atoms with E-state index in [-0.39, 0.29) is 0 Å². The second-order valence-corrected chi connectivity index (χ2v) is 10.5. The number of hydrogen-bond donors (Lipinski definition) is 0. The SMILES string of the molecule is CC(C[Si](C)(C)C)Oc1ccccc1. The summed E-state index contributed by atoms with van der Waals surface area (Å²) in [5.41, 5.74) is 0. The van der Waals surface area contributed by atoms with Crippen LogP contribution < -0.4 is 4.74 Å². The molecule has 0 fully saturated rings. The van der Waals surface area contributed by atoms with Crippen LogP contribution in [0.15, 0.2) is 30.3 Å². The molecule has 1 rings (SSSR count). The van der Waals surface area contributed by atoms with Crippen LogP contribution in [0.2, 0.25) is 25.7 Å². The molecule has 0 aliphatic carbocycles. The van der Waals surface area contributed by atoms with E-state index in [2.05, 4.69) is 26.6 Å². The zero-order valence-electron chi connectivity index (χ0n) is 9.58. The summed E-state index contributed by atoms with van der Waals surface area (Å²) in [6, 6.07) is 11.3. The second kappa shape index (κ2) is 4.65. The highest BCUT2D eigenvalue weighted by atomic mass is 28.3. The molecular weight excluding hydrogens is 188 g/mol. The van der Waals surface area contributed by atoms with Crippen LogP contribution in [-0.4, -0.2) is 14.2 Å². The first-order valence-electron chi connectivity index (χ1n) is 5.19. The molecule has 0 aliphatic heterocycles. The van der Waals surface area contributed by atoms with Gasteiger partial charge in [-0.05, 0) is 25.1 Å². The van der Waals surface area contributed by atoms with Crippen molar-refractivity contribution < 1.29 is 4.74 Å². The van der Waals surface area contributed by atoms with Gasteiger partial charge in [0.15, 0.2) is 0 Å². The Hall–Kier alpha value is -0.763. The monoisotopic (exact) mass is 208 g/mol. The molecule has 0 aromatic heterocycles. The van der Waals surface area contributed by atoms with Gasteiger partial charge in [0.05, 0.1) is 6.10 Å². The lowest BCUT2D eigenvalue weighted by Gasteiger charge is -2.22. The lowest BCUT2D eigenvalue weighted by molar-refractivity contribution is 0.240. The van der Waals surface area contributed by atoms with E-state index in [1.807, 2.05) is 30.3 Å². The highest BCUT2D eigenvalue weighted by Gasteiger charge is 2.18. The molecule has 0 heterocycles. The summed E-state index contributed by atoms with van der Waals surface area (Å²) in [7, 11) is -0.999. The quantitative estimate of drug-likeness (QED) is 0.684. The van der Waals surface area contributed by atoms with Gasteiger partial charge in [0.1, 0.15) is 5.75 Å². The van der Waals surface area contributed by atoms with Crippen molar-refractivity contribution >= 4 is 8.07 Å². The average Bonchev–Trinajstić information content (AvgIpc) is 2.02. The molecule has 1 nitrogen and oxygen atoms in total. The molecule has 78 valence electrons.